The van der Waals surface area contributed by atoms with Crippen molar-refractivity contribution in [3.05, 3.63) is 58.9 Å². The number of rotatable bonds is 1. The molecule has 1 aromatic carbocycles. The highest BCUT2D eigenvalue weighted by atomic mass is 16.1. The Kier molecular flexibility index (Phi) is 2.19. The molecule has 0 radical (unpaired) electrons. The number of hydrogen-bond donors (Lipinski definition) is 1. The molecule has 82 valence electrons. The van der Waals surface area contributed by atoms with Crippen LogP contribution >= 0.6 is 0 Å². The van der Waals surface area contributed by atoms with Gasteiger partial charge in [-0.15, -0.1) is 0 Å². The topological polar surface area (TPSA) is 58.6 Å². The second-order valence-electron chi connectivity index (χ2n) is 3.70. The van der Waals surface area contributed by atoms with E-state index in [1.54, 1.807) is 6.07 Å². The summed E-state index contributed by atoms with van der Waals surface area (Å²) < 4.78 is 0. The molecule has 4 heteroatoms. The predicted octanol–water partition coefficient (Wildman–Crippen LogP) is 1.99. The molecule has 4 nitrogen and oxygen atoms in total. The van der Waals surface area contributed by atoms with Crippen molar-refractivity contribution in [1.82, 2.24) is 15.2 Å². The van der Waals surface area contributed by atoms with Gasteiger partial charge in [0.15, 0.2) is 0 Å². The number of H-pyrrole nitrogens is 1. The highest BCUT2D eigenvalue weighted by Gasteiger charge is 2.02. The molecule has 0 unspecified atom stereocenters. The minimum absolute atomic E-state index is 0.213. The zero-order valence-electron chi connectivity index (χ0n) is 8.92. The van der Waals surface area contributed by atoms with Crippen molar-refractivity contribution in [3.63, 3.8) is 0 Å². The van der Waals surface area contributed by atoms with Gasteiger partial charge in [-0.25, -0.2) is 10.1 Å². The third-order valence-corrected chi connectivity index (χ3v) is 2.54. The van der Waals surface area contributed by atoms with Gasteiger partial charge < -0.3 is 0 Å². The lowest BCUT2D eigenvalue weighted by molar-refractivity contribution is 0.990. The van der Waals surface area contributed by atoms with Gasteiger partial charge in [-0.2, -0.15) is 5.10 Å². The van der Waals surface area contributed by atoms with Crippen LogP contribution in [0.4, 0.5) is 0 Å². The number of benzene rings is 1. The summed E-state index contributed by atoms with van der Waals surface area (Å²) in [6.07, 6.45) is 0. The lowest BCUT2D eigenvalue weighted by Gasteiger charge is -2.01. The van der Waals surface area contributed by atoms with E-state index < -0.39 is 0 Å². The lowest BCUT2D eigenvalue weighted by Crippen LogP contribution is -2.05. The van der Waals surface area contributed by atoms with Crippen molar-refractivity contribution < 1.29 is 0 Å². The van der Waals surface area contributed by atoms with Crippen LogP contribution in [0.3, 0.4) is 0 Å². The normalized spacial score (nSPS) is 10.6. The summed E-state index contributed by atoms with van der Waals surface area (Å²) >= 11 is 0. The zero-order valence-corrected chi connectivity index (χ0v) is 8.92. The molecule has 0 atom stereocenters. The van der Waals surface area contributed by atoms with Gasteiger partial charge in [-0.05, 0) is 18.2 Å². The van der Waals surface area contributed by atoms with Crippen molar-refractivity contribution in [2.24, 2.45) is 0 Å². The average molecular weight is 223 g/mol. The fraction of sp³-hybridized carbons (Fsp3) is 0. The average Bonchev–Trinajstić information content (AvgIpc) is 2.39. The Labute approximate surface area is 97.0 Å². The van der Waals surface area contributed by atoms with E-state index in [2.05, 4.69) is 15.2 Å². The van der Waals surface area contributed by atoms with Gasteiger partial charge >= 0.3 is 0 Å². The molecule has 2 heterocycles. The first-order chi connectivity index (χ1) is 8.33. The highest BCUT2D eigenvalue weighted by molar-refractivity contribution is 5.80. The van der Waals surface area contributed by atoms with E-state index in [1.807, 2.05) is 36.4 Å². The maximum absolute atomic E-state index is 10.9. The molecule has 0 saturated carbocycles. The van der Waals surface area contributed by atoms with Crippen LogP contribution in [0.2, 0.25) is 0 Å². The van der Waals surface area contributed by atoms with Crippen LogP contribution in [-0.4, -0.2) is 15.2 Å². The standard InChI is InChI=1S/C13H9N3O/c17-13-8-7-12(15-16-13)11-6-5-9-3-1-2-4-10(9)14-11/h1-8H,(H,16,17). The van der Waals surface area contributed by atoms with E-state index in [-0.39, 0.29) is 5.56 Å². The van der Waals surface area contributed by atoms with Crippen LogP contribution in [0.15, 0.2) is 53.3 Å². The molecule has 0 bridgehead atoms. The van der Waals surface area contributed by atoms with E-state index >= 15 is 0 Å². The maximum Gasteiger partial charge on any atom is 0.264 e. The van der Waals surface area contributed by atoms with Crippen LogP contribution < -0.4 is 5.56 Å². The first-order valence-electron chi connectivity index (χ1n) is 5.25. The number of para-hydroxylation sites is 1. The quantitative estimate of drug-likeness (QED) is 0.686. The van der Waals surface area contributed by atoms with Crippen LogP contribution in [-0.2, 0) is 0 Å². The summed E-state index contributed by atoms with van der Waals surface area (Å²) in [6, 6.07) is 14.9. The van der Waals surface area contributed by atoms with Gasteiger partial charge in [-0.3, -0.25) is 4.79 Å². The third kappa shape index (κ3) is 1.80. The molecule has 3 rings (SSSR count). The molecule has 1 N–H and O–H groups in total. The molecular weight excluding hydrogens is 214 g/mol. The van der Waals surface area contributed by atoms with Crippen molar-refractivity contribution in [3.8, 4) is 11.4 Å². The molecule has 3 aromatic rings. The minimum Gasteiger partial charge on any atom is -0.268 e. The van der Waals surface area contributed by atoms with Crippen molar-refractivity contribution in [2.75, 3.05) is 0 Å². The minimum atomic E-state index is -0.213. The van der Waals surface area contributed by atoms with Gasteiger partial charge in [-0.1, -0.05) is 24.3 Å². The Bertz CT molecular complexity index is 713. The first kappa shape index (κ1) is 9.72. The highest BCUT2D eigenvalue weighted by Crippen LogP contribution is 2.17. The summed E-state index contributed by atoms with van der Waals surface area (Å²) in [5.74, 6) is 0. The van der Waals surface area contributed by atoms with Crippen LogP contribution in [0.1, 0.15) is 0 Å². The van der Waals surface area contributed by atoms with E-state index in [1.165, 1.54) is 6.07 Å². The summed E-state index contributed by atoms with van der Waals surface area (Å²) in [4.78, 5) is 15.4. The molecule has 0 aliphatic heterocycles. The van der Waals surface area contributed by atoms with Gasteiger partial charge in [0.1, 0.15) is 5.69 Å². The van der Waals surface area contributed by atoms with Crippen LogP contribution in [0.5, 0.6) is 0 Å². The van der Waals surface area contributed by atoms with Gasteiger partial charge in [0.2, 0.25) is 0 Å². The van der Waals surface area contributed by atoms with E-state index in [4.69, 9.17) is 0 Å². The monoisotopic (exact) mass is 223 g/mol. The fourth-order valence-electron chi connectivity index (χ4n) is 1.70. The van der Waals surface area contributed by atoms with Gasteiger partial charge in [0.05, 0.1) is 11.2 Å². The third-order valence-electron chi connectivity index (χ3n) is 2.54. The molecule has 0 saturated heterocycles. The van der Waals surface area contributed by atoms with Crippen molar-refractivity contribution >= 4 is 10.9 Å². The second kappa shape index (κ2) is 3.83. The van der Waals surface area contributed by atoms with Crippen LogP contribution in [0, 0.1) is 0 Å². The number of hydrogen-bond acceptors (Lipinski definition) is 3. The molecule has 0 aliphatic carbocycles. The second-order valence-corrected chi connectivity index (χ2v) is 3.70. The zero-order chi connectivity index (χ0) is 11.7. The van der Waals surface area contributed by atoms with Crippen molar-refractivity contribution in [2.45, 2.75) is 0 Å². The van der Waals surface area contributed by atoms with E-state index in [0.29, 0.717) is 5.69 Å². The Balaban J connectivity index is 2.17. The number of nitrogens with one attached hydrogen (secondary N) is 1. The summed E-state index contributed by atoms with van der Waals surface area (Å²) in [5.41, 5.74) is 2.11. The number of pyridine rings is 1. The smallest absolute Gasteiger partial charge is 0.264 e. The Morgan fingerprint density at radius 3 is 2.53 bits per heavy atom. The van der Waals surface area contributed by atoms with E-state index in [0.717, 1.165) is 16.6 Å². The molecule has 0 amide bonds. The fourth-order valence-corrected chi connectivity index (χ4v) is 1.70. The Morgan fingerprint density at radius 2 is 1.71 bits per heavy atom. The first-order valence-corrected chi connectivity index (χ1v) is 5.25. The molecule has 0 aliphatic rings. The summed E-state index contributed by atoms with van der Waals surface area (Å²) in [6.45, 7) is 0. The van der Waals surface area contributed by atoms with Gasteiger partial charge in [0.25, 0.3) is 5.56 Å². The van der Waals surface area contributed by atoms with Gasteiger partial charge in [0, 0.05) is 11.5 Å². The number of aromatic amines is 1. The Morgan fingerprint density at radius 1 is 0.882 bits per heavy atom. The molecule has 0 spiro atoms. The molecule has 0 fully saturated rings. The number of aromatic nitrogens is 3. The molecular formula is C13H9N3O. The van der Waals surface area contributed by atoms with Crippen LogP contribution in [0.25, 0.3) is 22.3 Å². The predicted molar refractivity (Wildman–Crippen MR) is 65.6 cm³/mol. The summed E-state index contributed by atoms with van der Waals surface area (Å²) in [7, 11) is 0. The SMILES string of the molecule is O=c1ccc(-c2ccc3ccccc3n2)n[nH]1. The Hall–Kier alpha value is -2.49. The maximum atomic E-state index is 10.9. The van der Waals surface area contributed by atoms with E-state index in [9.17, 15) is 4.79 Å². The number of nitrogens with zero attached hydrogens (tertiary/aromatic N) is 2. The number of fused-ring (bicyclic) bond motifs is 1. The summed E-state index contributed by atoms with van der Waals surface area (Å²) in [5, 5.41) is 7.44. The largest absolute Gasteiger partial charge is 0.268 e. The lowest BCUT2D eigenvalue weighted by atomic mass is 10.2. The van der Waals surface area contributed by atoms with Crippen molar-refractivity contribution in [1.29, 1.82) is 0 Å². The molecule has 2 aromatic heterocycles. The molecule has 17 heavy (non-hydrogen) atoms.